The van der Waals surface area contributed by atoms with Gasteiger partial charge in [-0.15, -0.1) is 11.6 Å². The van der Waals surface area contributed by atoms with Crippen LogP contribution in [0.25, 0.3) is 0 Å². The molecule has 0 aromatic carbocycles. The Morgan fingerprint density at radius 2 is 2.38 bits per heavy atom. The molecule has 1 aromatic rings. The van der Waals surface area contributed by atoms with E-state index in [1.807, 2.05) is 20.9 Å². The Morgan fingerprint density at radius 3 is 2.88 bits per heavy atom. The van der Waals surface area contributed by atoms with E-state index in [1.54, 1.807) is 10.9 Å². The van der Waals surface area contributed by atoms with Gasteiger partial charge in [-0.3, -0.25) is 9.48 Å². The first-order valence-corrected chi connectivity index (χ1v) is 5.93. The van der Waals surface area contributed by atoms with Gasteiger partial charge in [0, 0.05) is 30.6 Å². The molecule has 0 fully saturated rings. The fourth-order valence-electron chi connectivity index (χ4n) is 1.56. The molecule has 0 aliphatic carbocycles. The first-order valence-electron chi connectivity index (χ1n) is 5.40. The molecule has 0 aliphatic heterocycles. The lowest BCUT2D eigenvalue weighted by Crippen LogP contribution is -2.26. The second-order valence-corrected chi connectivity index (χ2v) is 4.27. The van der Waals surface area contributed by atoms with E-state index in [-0.39, 0.29) is 11.9 Å². The Labute approximate surface area is 101 Å². The predicted molar refractivity (Wildman–Crippen MR) is 64.5 cm³/mol. The van der Waals surface area contributed by atoms with E-state index < -0.39 is 0 Å². The van der Waals surface area contributed by atoms with E-state index in [0.717, 1.165) is 11.3 Å². The first-order chi connectivity index (χ1) is 7.56. The Morgan fingerprint density at radius 1 is 1.69 bits per heavy atom. The van der Waals surface area contributed by atoms with Crippen molar-refractivity contribution >= 4 is 17.5 Å². The molecule has 1 amide bonds. The van der Waals surface area contributed by atoms with Crippen LogP contribution in [0.1, 0.15) is 37.1 Å². The fraction of sp³-hybridized carbons (Fsp3) is 0.636. The Bertz CT molecular complexity index is 362. The predicted octanol–water partition coefficient (Wildman–Crippen LogP) is 1.92. The topological polar surface area (TPSA) is 46.9 Å². The second-order valence-electron chi connectivity index (χ2n) is 3.89. The Balaban J connectivity index is 2.55. The SMILES string of the molecule is Cc1c(C(C)NC(=O)CCCCl)cnn1C. The number of rotatable bonds is 5. The summed E-state index contributed by atoms with van der Waals surface area (Å²) in [6.45, 7) is 3.95. The molecule has 1 unspecified atom stereocenters. The van der Waals surface area contributed by atoms with Gasteiger partial charge in [-0.25, -0.2) is 0 Å². The average molecular weight is 244 g/mol. The van der Waals surface area contributed by atoms with E-state index in [0.29, 0.717) is 18.7 Å². The molecule has 90 valence electrons. The number of hydrogen-bond acceptors (Lipinski definition) is 2. The van der Waals surface area contributed by atoms with E-state index >= 15 is 0 Å². The Kier molecular flexibility index (Phi) is 4.80. The van der Waals surface area contributed by atoms with Crippen molar-refractivity contribution in [1.29, 1.82) is 0 Å². The van der Waals surface area contributed by atoms with Crippen LogP contribution in [-0.2, 0) is 11.8 Å². The lowest BCUT2D eigenvalue weighted by Gasteiger charge is -2.13. The van der Waals surface area contributed by atoms with Gasteiger partial charge in [-0.2, -0.15) is 5.10 Å². The molecule has 1 aromatic heterocycles. The summed E-state index contributed by atoms with van der Waals surface area (Å²) in [6.07, 6.45) is 2.99. The van der Waals surface area contributed by atoms with Gasteiger partial charge < -0.3 is 5.32 Å². The summed E-state index contributed by atoms with van der Waals surface area (Å²) in [4.78, 5) is 11.5. The highest BCUT2D eigenvalue weighted by Gasteiger charge is 2.13. The molecule has 0 aliphatic rings. The van der Waals surface area contributed by atoms with Crippen molar-refractivity contribution < 1.29 is 4.79 Å². The quantitative estimate of drug-likeness (QED) is 0.804. The molecule has 0 saturated carbocycles. The monoisotopic (exact) mass is 243 g/mol. The lowest BCUT2D eigenvalue weighted by molar-refractivity contribution is -0.121. The second kappa shape index (κ2) is 5.89. The maximum atomic E-state index is 11.5. The van der Waals surface area contributed by atoms with Crippen LogP contribution in [0.5, 0.6) is 0 Å². The minimum atomic E-state index is -0.00322. The smallest absolute Gasteiger partial charge is 0.220 e. The maximum Gasteiger partial charge on any atom is 0.220 e. The standard InChI is InChI=1S/C11H18ClN3O/c1-8(14-11(16)5-4-6-12)10-7-13-15(3)9(10)2/h7-8H,4-6H2,1-3H3,(H,14,16). The largest absolute Gasteiger partial charge is 0.349 e. The summed E-state index contributed by atoms with van der Waals surface area (Å²) in [5.41, 5.74) is 2.13. The number of carbonyl (C=O) groups is 1. The summed E-state index contributed by atoms with van der Waals surface area (Å²) >= 11 is 5.53. The number of nitrogens with one attached hydrogen (secondary N) is 1. The van der Waals surface area contributed by atoms with Crippen LogP contribution < -0.4 is 5.32 Å². The molecular formula is C11H18ClN3O. The van der Waals surface area contributed by atoms with Gasteiger partial charge in [0.15, 0.2) is 0 Å². The van der Waals surface area contributed by atoms with Gasteiger partial charge in [0.05, 0.1) is 12.2 Å². The van der Waals surface area contributed by atoms with Crippen LogP contribution >= 0.6 is 11.6 Å². The Hall–Kier alpha value is -1.03. The molecule has 0 spiro atoms. The summed E-state index contributed by atoms with van der Waals surface area (Å²) in [5.74, 6) is 0.560. The van der Waals surface area contributed by atoms with Gasteiger partial charge in [0.25, 0.3) is 0 Å². The maximum absolute atomic E-state index is 11.5. The van der Waals surface area contributed by atoms with Crippen molar-refractivity contribution in [3.05, 3.63) is 17.5 Å². The molecule has 0 saturated heterocycles. The van der Waals surface area contributed by atoms with Crippen molar-refractivity contribution in [3.8, 4) is 0 Å². The summed E-state index contributed by atoms with van der Waals surface area (Å²) in [6, 6.07) is -0.00322. The van der Waals surface area contributed by atoms with Crippen LogP contribution in [0.2, 0.25) is 0 Å². The van der Waals surface area contributed by atoms with Crippen LogP contribution in [-0.4, -0.2) is 21.6 Å². The molecule has 0 radical (unpaired) electrons. The molecule has 0 bridgehead atoms. The van der Waals surface area contributed by atoms with Crippen LogP contribution in [0, 0.1) is 6.92 Å². The lowest BCUT2D eigenvalue weighted by atomic mass is 10.1. The summed E-state index contributed by atoms with van der Waals surface area (Å²) in [7, 11) is 1.89. The highest BCUT2D eigenvalue weighted by molar-refractivity contribution is 6.17. The minimum absolute atomic E-state index is 0.00322. The molecule has 1 rings (SSSR count). The zero-order valence-corrected chi connectivity index (χ0v) is 10.7. The number of halogens is 1. The number of nitrogens with zero attached hydrogens (tertiary/aromatic N) is 2. The number of aryl methyl sites for hydroxylation is 1. The average Bonchev–Trinajstić information content (AvgIpc) is 2.57. The van der Waals surface area contributed by atoms with E-state index in [2.05, 4.69) is 10.4 Å². The summed E-state index contributed by atoms with van der Waals surface area (Å²) < 4.78 is 1.80. The van der Waals surface area contributed by atoms with Crippen LogP contribution in [0.15, 0.2) is 6.20 Å². The van der Waals surface area contributed by atoms with Crippen molar-refractivity contribution in [1.82, 2.24) is 15.1 Å². The molecule has 1 atom stereocenters. The third kappa shape index (κ3) is 3.23. The molecule has 4 nitrogen and oxygen atoms in total. The molecule has 1 N–H and O–H groups in total. The minimum Gasteiger partial charge on any atom is -0.349 e. The molecule has 5 heteroatoms. The number of alkyl halides is 1. The number of aromatic nitrogens is 2. The van der Waals surface area contributed by atoms with Crippen molar-refractivity contribution in [3.63, 3.8) is 0 Å². The third-order valence-corrected chi connectivity index (χ3v) is 2.92. The van der Waals surface area contributed by atoms with Crippen LogP contribution in [0.3, 0.4) is 0 Å². The highest BCUT2D eigenvalue weighted by atomic mass is 35.5. The number of carbonyl (C=O) groups excluding carboxylic acids is 1. The van der Waals surface area contributed by atoms with Gasteiger partial charge in [-0.1, -0.05) is 0 Å². The molecular weight excluding hydrogens is 226 g/mol. The molecule has 16 heavy (non-hydrogen) atoms. The van der Waals surface area contributed by atoms with Gasteiger partial charge in [-0.05, 0) is 20.3 Å². The first kappa shape index (κ1) is 13.0. The number of amides is 1. The van der Waals surface area contributed by atoms with E-state index in [9.17, 15) is 4.79 Å². The van der Waals surface area contributed by atoms with Gasteiger partial charge >= 0.3 is 0 Å². The van der Waals surface area contributed by atoms with Crippen LogP contribution in [0.4, 0.5) is 0 Å². The number of hydrogen-bond donors (Lipinski definition) is 1. The van der Waals surface area contributed by atoms with Crippen molar-refractivity contribution in [2.75, 3.05) is 5.88 Å². The normalized spacial score (nSPS) is 12.5. The third-order valence-electron chi connectivity index (χ3n) is 2.65. The summed E-state index contributed by atoms with van der Waals surface area (Å²) in [5, 5.41) is 7.09. The van der Waals surface area contributed by atoms with Crippen molar-refractivity contribution in [2.45, 2.75) is 32.7 Å². The zero-order valence-electron chi connectivity index (χ0n) is 9.96. The molecule has 1 heterocycles. The highest BCUT2D eigenvalue weighted by Crippen LogP contribution is 2.15. The van der Waals surface area contributed by atoms with Crippen molar-refractivity contribution in [2.24, 2.45) is 7.05 Å². The van der Waals surface area contributed by atoms with E-state index in [4.69, 9.17) is 11.6 Å². The van der Waals surface area contributed by atoms with Gasteiger partial charge in [0.1, 0.15) is 0 Å². The van der Waals surface area contributed by atoms with Gasteiger partial charge in [0.2, 0.25) is 5.91 Å². The van der Waals surface area contributed by atoms with E-state index in [1.165, 1.54) is 0 Å². The zero-order chi connectivity index (χ0) is 12.1. The fourth-order valence-corrected chi connectivity index (χ4v) is 1.69.